The van der Waals surface area contributed by atoms with Crippen molar-refractivity contribution in [2.75, 3.05) is 5.32 Å². The van der Waals surface area contributed by atoms with Gasteiger partial charge in [-0.1, -0.05) is 33.1 Å². The van der Waals surface area contributed by atoms with Gasteiger partial charge in [0.2, 0.25) is 5.91 Å². The Bertz CT molecular complexity index is 622. The number of nitrogens with zero attached hydrogens (tertiary/aromatic N) is 1. The van der Waals surface area contributed by atoms with Crippen molar-refractivity contribution < 1.29 is 14.4 Å². The number of nitrogens with two attached hydrogens (primary N) is 1. The molecule has 1 aromatic rings. The Morgan fingerprint density at radius 1 is 1.08 bits per heavy atom. The highest BCUT2D eigenvalue weighted by atomic mass is 16.2. The molecule has 1 aliphatic carbocycles. The molecule has 4 N–H and O–H groups in total. The number of carbonyl (C=O) groups is 3. The number of primary amides is 1. The van der Waals surface area contributed by atoms with Crippen molar-refractivity contribution in [3.05, 3.63) is 29.8 Å². The highest BCUT2D eigenvalue weighted by Gasteiger charge is 2.25. The average Bonchev–Trinajstić information content (AvgIpc) is 2.60. The van der Waals surface area contributed by atoms with E-state index in [1.807, 2.05) is 0 Å². The number of nitrogens with one attached hydrogen (secondary N) is 2. The van der Waals surface area contributed by atoms with Crippen LogP contribution in [0.15, 0.2) is 24.3 Å². The molecule has 1 aromatic carbocycles. The molecule has 0 radical (unpaired) electrons. The molecule has 0 aromatic heterocycles. The normalized spacial score (nSPS) is 14.8. The molecule has 0 atom stereocenters. The summed E-state index contributed by atoms with van der Waals surface area (Å²) in [7, 11) is 0. The van der Waals surface area contributed by atoms with Gasteiger partial charge in [0, 0.05) is 17.2 Å². The van der Waals surface area contributed by atoms with Gasteiger partial charge in [-0.05, 0) is 37.1 Å². The fourth-order valence-corrected chi connectivity index (χ4v) is 2.83. The Balaban J connectivity index is 2.01. The maximum atomic E-state index is 12.4. The molecule has 7 nitrogen and oxygen atoms in total. The van der Waals surface area contributed by atoms with E-state index in [2.05, 4.69) is 10.7 Å². The zero-order valence-corrected chi connectivity index (χ0v) is 14.7. The van der Waals surface area contributed by atoms with Gasteiger partial charge >= 0.3 is 6.03 Å². The van der Waals surface area contributed by atoms with Crippen LogP contribution in [0.4, 0.5) is 10.5 Å². The number of carbonyl (C=O) groups excluding carboxylic acids is 3. The summed E-state index contributed by atoms with van der Waals surface area (Å²) >= 11 is 0. The van der Waals surface area contributed by atoms with Gasteiger partial charge < -0.3 is 11.1 Å². The Kier molecular flexibility index (Phi) is 6.38. The molecule has 1 aliphatic rings. The highest BCUT2D eigenvalue weighted by Crippen LogP contribution is 2.21. The summed E-state index contributed by atoms with van der Waals surface area (Å²) in [6.07, 6.45) is 4.86. The van der Waals surface area contributed by atoms with E-state index in [9.17, 15) is 14.4 Å². The fraction of sp³-hybridized carbons (Fsp3) is 0.500. The first-order valence-corrected chi connectivity index (χ1v) is 8.69. The van der Waals surface area contributed by atoms with E-state index in [-0.39, 0.29) is 17.9 Å². The van der Waals surface area contributed by atoms with Crippen LogP contribution in [-0.4, -0.2) is 28.9 Å². The van der Waals surface area contributed by atoms with Crippen molar-refractivity contribution in [2.45, 2.75) is 52.0 Å². The quantitative estimate of drug-likeness (QED) is 0.730. The lowest BCUT2D eigenvalue weighted by Crippen LogP contribution is -2.54. The summed E-state index contributed by atoms with van der Waals surface area (Å²) in [5.74, 6) is -0.608. The van der Waals surface area contributed by atoms with Crippen molar-refractivity contribution in [2.24, 2.45) is 11.7 Å². The summed E-state index contributed by atoms with van der Waals surface area (Å²) in [5.41, 5.74) is 9.05. The minimum Gasteiger partial charge on any atom is -0.350 e. The van der Waals surface area contributed by atoms with E-state index < -0.39 is 11.9 Å². The van der Waals surface area contributed by atoms with Crippen molar-refractivity contribution in [1.29, 1.82) is 0 Å². The van der Waals surface area contributed by atoms with Gasteiger partial charge in [0.15, 0.2) is 0 Å². The molecule has 0 saturated heterocycles. The average molecular weight is 346 g/mol. The van der Waals surface area contributed by atoms with Gasteiger partial charge in [-0.2, -0.15) is 0 Å². The summed E-state index contributed by atoms with van der Waals surface area (Å²) in [6, 6.07) is 5.81. The van der Waals surface area contributed by atoms with Crippen LogP contribution < -0.4 is 16.5 Å². The first kappa shape index (κ1) is 18.8. The molecule has 4 amide bonds. The van der Waals surface area contributed by atoms with E-state index >= 15 is 0 Å². The fourth-order valence-electron chi connectivity index (χ4n) is 2.83. The minimum absolute atomic E-state index is 0.0557. The number of amides is 4. The second-order valence-corrected chi connectivity index (χ2v) is 6.66. The summed E-state index contributed by atoms with van der Waals surface area (Å²) in [4.78, 5) is 35.8. The van der Waals surface area contributed by atoms with Crippen LogP contribution in [0.2, 0.25) is 0 Å². The smallest absolute Gasteiger partial charge is 0.333 e. The van der Waals surface area contributed by atoms with Gasteiger partial charge in [0.25, 0.3) is 5.91 Å². The van der Waals surface area contributed by atoms with Crippen LogP contribution in [-0.2, 0) is 4.79 Å². The lowest BCUT2D eigenvalue weighted by Gasteiger charge is -2.32. The molecule has 0 unspecified atom stereocenters. The summed E-state index contributed by atoms with van der Waals surface area (Å²) < 4.78 is 0. The molecule has 0 spiro atoms. The van der Waals surface area contributed by atoms with Crippen LogP contribution >= 0.6 is 0 Å². The van der Waals surface area contributed by atoms with Gasteiger partial charge in [0.05, 0.1) is 6.04 Å². The second kappa shape index (κ2) is 8.50. The van der Waals surface area contributed by atoms with Gasteiger partial charge in [0.1, 0.15) is 0 Å². The Morgan fingerprint density at radius 2 is 1.68 bits per heavy atom. The molecule has 2 rings (SSSR count). The SMILES string of the molecule is CC(C)C(=O)Nc1ccc(C(=O)NN(C(N)=O)C2CCCCC2)cc1. The third-order valence-corrected chi connectivity index (χ3v) is 4.34. The third kappa shape index (κ3) is 5.20. The topological polar surface area (TPSA) is 105 Å². The number of benzene rings is 1. The van der Waals surface area contributed by atoms with E-state index in [1.165, 1.54) is 5.01 Å². The van der Waals surface area contributed by atoms with Crippen molar-refractivity contribution in [3.63, 3.8) is 0 Å². The monoisotopic (exact) mass is 346 g/mol. The third-order valence-electron chi connectivity index (χ3n) is 4.34. The molecule has 7 heteroatoms. The number of hydrogen-bond acceptors (Lipinski definition) is 3. The van der Waals surface area contributed by atoms with Gasteiger partial charge in [-0.15, -0.1) is 0 Å². The number of rotatable bonds is 4. The van der Waals surface area contributed by atoms with Gasteiger partial charge in [-0.25, -0.2) is 9.80 Å². The zero-order chi connectivity index (χ0) is 18.4. The maximum absolute atomic E-state index is 12.4. The molecule has 1 fully saturated rings. The lowest BCUT2D eigenvalue weighted by molar-refractivity contribution is -0.118. The highest BCUT2D eigenvalue weighted by molar-refractivity contribution is 5.96. The lowest BCUT2D eigenvalue weighted by atomic mass is 9.95. The van der Waals surface area contributed by atoms with Crippen molar-refractivity contribution >= 4 is 23.5 Å². The number of anilines is 1. The number of hydrogen-bond donors (Lipinski definition) is 3. The second-order valence-electron chi connectivity index (χ2n) is 6.66. The molecule has 1 saturated carbocycles. The minimum atomic E-state index is -0.652. The molecule has 25 heavy (non-hydrogen) atoms. The van der Waals surface area contributed by atoms with E-state index in [0.29, 0.717) is 11.3 Å². The standard InChI is InChI=1S/C18H26N4O3/c1-12(2)16(23)20-14-10-8-13(9-11-14)17(24)21-22(18(19)25)15-6-4-3-5-7-15/h8-12,15H,3-7H2,1-2H3,(H2,19,25)(H,20,23)(H,21,24). The molecule has 0 bridgehead atoms. The molecule has 0 aliphatic heterocycles. The van der Waals surface area contributed by atoms with Crippen LogP contribution in [0.25, 0.3) is 0 Å². The van der Waals surface area contributed by atoms with E-state index in [0.717, 1.165) is 32.1 Å². The van der Waals surface area contributed by atoms with Crippen LogP contribution in [0.1, 0.15) is 56.3 Å². The van der Waals surface area contributed by atoms with Crippen molar-refractivity contribution in [3.8, 4) is 0 Å². The largest absolute Gasteiger partial charge is 0.350 e. The summed E-state index contributed by atoms with van der Waals surface area (Å²) in [6.45, 7) is 3.61. The van der Waals surface area contributed by atoms with Crippen LogP contribution in [0.5, 0.6) is 0 Å². The number of urea groups is 1. The Morgan fingerprint density at radius 3 is 2.20 bits per heavy atom. The Labute approximate surface area is 147 Å². The summed E-state index contributed by atoms with van der Waals surface area (Å²) in [5, 5.41) is 4.01. The zero-order valence-electron chi connectivity index (χ0n) is 14.7. The molecule has 136 valence electrons. The van der Waals surface area contributed by atoms with Gasteiger partial charge in [-0.3, -0.25) is 15.0 Å². The first-order valence-electron chi connectivity index (χ1n) is 8.69. The predicted octanol–water partition coefficient (Wildman–Crippen LogP) is 2.64. The molecular formula is C18H26N4O3. The first-order chi connectivity index (χ1) is 11.9. The van der Waals surface area contributed by atoms with Crippen LogP contribution in [0, 0.1) is 5.92 Å². The molecular weight excluding hydrogens is 320 g/mol. The predicted molar refractivity (Wildman–Crippen MR) is 95.7 cm³/mol. The van der Waals surface area contributed by atoms with E-state index in [4.69, 9.17) is 5.73 Å². The van der Waals surface area contributed by atoms with E-state index in [1.54, 1.807) is 38.1 Å². The Hall–Kier alpha value is -2.57. The van der Waals surface area contributed by atoms with Crippen molar-refractivity contribution in [1.82, 2.24) is 10.4 Å². The van der Waals surface area contributed by atoms with Crippen LogP contribution in [0.3, 0.4) is 0 Å². The number of hydrazine groups is 1. The maximum Gasteiger partial charge on any atom is 0.333 e. The molecule has 0 heterocycles.